The molecule has 1 atom stereocenters. The number of anilines is 1. The first kappa shape index (κ1) is 18.9. The maximum Gasteiger partial charge on any atom is 0.338 e. The number of thioether (sulfide) groups is 1. The highest BCUT2D eigenvalue weighted by Gasteiger charge is 2.25. The van der Waals surface area contributed by atoms with Gasteiger partial charge in [0, 0.05) is 28.8 Å². The molecule has 0 fully saturated rings. The van der Waals surface area contributed by atoms with Gasteiger partial charge in [0.2, 0.25) is 0 Å². The summed E-state index contributed by atoms with van der Waals surface area (Å²) >= 11 is 1.71. The third-order valence-corrected chi connectivity index (χ3v) is 5.40. The number of carbonyl (C=O) groups is 2. The molecular formula is C19H18N2O5S. The average Bonchev–Trinajstić information content (AvgIpc) is 2.84. The SMILES string of the molecule is C[C@H]1CCN(C(=O)COC(=O)c2cccc([N+](=O)[O-])c2)c2ccccc2S1. The van der Waals surface area contributed by atoms with E-state index in [1.165, 1.54) is 18.2 Å². The highest BCUT2D eigenvalue weighted by Crippen LogP contribution is 2.37. The first-order valence-electron chi connectivity index (χ1n) is 8.43. The van der Waals surface area contributed by atoms with Crippen LogP contribution in [0.15, 0.2) is 53.4 Å². The number of benzene rings is 2. The lowest BCUT2D eigenvalue weighted by Gasteiger charge is -2.22. The largest absolute Gasteiger partial charge is 0.452 e. The predicted octanol–water partition coefficient (Wildman–Crippen LogP) is 3.67. The van der Waals surface area contributed by atoms with Crippen LogP contribution in [0.1, 0.15) is 23.7 Å². The van der Waals surface area contributed by atoms with E-state index >= 15 is 0 Å². The summed E-state index contributed by atoms with van der Waals surface area (Å²) < 4.78 is 5.10. The van der Waals surface area contributed by atoms with Gasteiger partial charge in [0.25, 0.3) is 11.6 Å². The number of rotatable bonds is 4. The molecule has 0 aliphatic carbocycles. The van der Waals surface area contributed by atoms with Crippen molar-refractivity contribution in [3.8, 4) is 0 Å². The van der Waals surface area contributed by atoms with Crippen LogP contribution < -0.4 is 4.90 Å². The molecule has 1 amide bonds. The Kier molecular flexibility index (Phi) is 5.75. The van der Waals surface area contributed by atoms with Gasteiger partial charge in [-0.2, -0.15) is 0 Å². The fourth-order valence-corrected chi connectivity index (χ4v) is 3.89. The molecule has 0 unspecified atom stereocenters. The van der Waals surface area contributed by atoms with Crippen molar-refractivity contribution in [2.45, 2.75) is 23.5 Å². The van der Waals surface area contributed by atoms with Gasteiger partial charge in [-0.05, 0) is 24.6 Å². The molecular weight excluding hydrogens is 368 g/mol. The van der Waals surface area contributed by atoms with Crippen LogP contribution >= 0.6 is 11.8 Å². The van der Waals surface area contributed by atoms with Crippen LogP contribution in [0.25, 0.3) is 0 Å². The van der Waals surface area contributed by atoms with Crippen LogP contribution in [0.2, 0.25) is 0 Å². The van der Waals surface area contributed by atoms with Crippen LogP contribution in [0.4, 0.5) is 11.4 Å². The van der Waals surface area contributed by atoms with E-state index in [-0.39, 0.29) is 17.2 Å². The first-order chi connectivity index (χ1) is 13.0. The zero-order chi connectivity index (χ0) is 19.4. The number of hydrogen-bond donors (Lipinski definition) is 0. The Morgan fingerprint density at radius 3 is 2.81 bits per heavy atom. The topological polar surface area (TPSA) is 89.8 Å². The van der Waals surface area contributed by atoms with Gasteiger partial charge < -0.3 is 9.64 Å². The van der Waals surface area contributed by atoms with Crippen molar-refractivity contribution in [1.82, 2.24) is 0 Å². The van der Waals surface area contributed by atoms with Crippen molar-refractivity contribution in [2.24, 2.45) is 0 Å². The molecule has 2 aromatic carbocycles. The van der Waals surface area contributed by atoms with E-state index in [1.54, 1.807) is 16.7 Å². The van der Waals surface area contributed by atoms with Gasteiger partial charge in [0.05, 0.1) is 16.2 Å². The number of ether oxygens (including phenoxy) is 1. The van der Waals surface area contributed by atoms with Crippen molar-refractivity contribution in [1.29, 1.82) is 0 Å². The van der Waals surface area contributed by atoms with Crippen LogP contribution in [0.3, 0.4) is 0 Å². The fraction of sp³-hybridized carbons (Fsp3) is 0.263. The van der Waals surface area contributed by atoms with Crippen molar-refractivity contribution in [2.75, 3.05) is 18.1 Å². The van der Waals surface area contributed by atoms with Gasteiger partial charge >= 0.3 is 5.97 Å². The number of nitro benzene ring substituents is 1. The van der Waals surface area contributed by atoms with E-state index in [0.29, 0.717) is 11.8 Å². The van der Waals surface area contributed by atoms with Crippen molar-refractivity contribution < 1.29 is 19.2 Å². The molecule has 0 saturated heterocycles. The van der Waals surface area contributed by atoms with Gasteiger partial charge in [-0.3, -0.25) is 14.9 Å². The van der Waals surface area contributed by atoms with E-state index in [2.05, 4.69) is 6.92 Å². The molecule has 0 radical (unpaired) electrons. The number of non-ortho nitro benzene ring substituents is 1. The molecule has 0 bridgehead atoms. The Hall–Kier alpha value is -2.87. The molecule has 8 heteroatoms. The van der Waals surface area contributed by atoms with E-state index in [0.717, 1.165) is 23.1 Å². The summed E-state index contributed by atoms with van der Waals surface area (Å²) in [5.74, 6) is -1.09. The fourth-order valence-electron chi connectivity index (χ4n) is 2.78. The number of para-hydroxylation sites is 1. The third-order valence-electron chi connectivity index (χ3n) is 4.16. The summed E-state index contributed by atoms with van der Waals surface area (Å²) in [4.78, 5) is 37.7. The molecule has 140 valence electrons. The minimum Gasteiger partial charge on any atom is -0.452 e. The Morgan fingerprint density at radius 2 is 2.04 bits per heavy atom. The second kappa shape index (κ2) is 8.22. The Balaban J connectivity index is 1.70. The van der Waals surface area contributed by atoms with Crippen molar-refractivity contribution >= 4 is 35.0 Å². The summed E-state index contributed by atoms with van der Waals surface area (Å²) in [7, 11) is 0. The van der Waals surface area contributed by atoms with Gasteiger partial charge in [-0.15, -0.1) is 11.8 Å². The molecule has 1 heterocycles. The van der Waals surface area contributed by atoms with Gasteiger partial charge in [-0.25, -0.2) is 4.79 Å². The minimum absolute atomic E-state index is 0.0393. The van der Waals surface area contributed by atoms with Gasteiger partial charge in [0.1, 0.15) is 0 Å². The molecule has 1 aliphatic heterocycles. The lowest BCUT2D eigenvalue weighted by Crippen LogP contribution is -2.35. The van der Waals surface area contributed by atoms with Crippen molar-refractivity contribution in [3.63, 3.8) is 0 Å². The van der Waals surface area contributed by atoms with E-state index in [9.17, 15) is 19.7 Å². The maximum absolute atomic E-state index is 12.7. The van der Waals surface area contributed by atoms with Gasteiger partial charge in [-0.1, -0.05) is 25.1 Å². The van der Waals surface area contributed by atoms with Crippen LogP contribution in [-0.2, 0) is 9.53 Å². The molecule has 3 rings (SSSR count). The quantitative estimate of drug-likeness (QED) is 0.452. The molecule has 0 aromatic heterocycles. The zero-order valence-electron chi connectivity index (χ0n) is 14.7. The summed E-state index contributed by atoms with van der Waals surface area (Å²) in [5.41, 5.74) is 0.643. The monoisotopic (exact) mass is 386 g/mol. The average molecular weight is 386 g/mol. The third kappa shape index (κ3) is 4.46. The molecule has 0 spiro atoms. The molecule has 0 N–H and O–H groups in total. The highest BCUT2D eigenvalue weighted by atomic mass is 32.2. The smallest absolute Gasteiger partial charge is 0.338 e. The first-order valence-corrected chi connectivity index (χ1v) is 9.31. The number of hydrogen-bond acceptors (Lipinski definition) is 6. The Morgan fingerprint density at radius 1 is 1.26 bits per heavy atom. The highest BCUT2D eigenvalue weighted by molar-refractivity contribution is 8.00. The van der Waals surface area contributed by atoms with E-state index < -0.39 is 17.5 Å². The van der Waals surface area contributed by atoms with E-state index in [1.807, 2.05) is 24.3 Å². The van der Waals surface area contributed by atoms with Gasteiger partial charge in [0.15, 0.2) is 6.61 Å². The summed E-state index contributed by atoms with van der Waals surface area (Å²) in [6, 6.07) is 12.9. The zero-order valence-corrected chi connectivity index (χ0v) is 15.5. The molecule has 7 nitrogen and oxygen atoms in total. The Labute approximate surface area is 160 Å². The van der Waals surface area contributed by atoms with Crippen LogP contribution in [-0.4, -0.2) is 35.2 Å². The standard InChI is InChI=1S/C19H18N2O5S/c1-13-9-10-20(16-7-2-3-8-17(16)27-13)18(22)12-26-19(23)14-5-4-6-15(11-14)21(24)25/h2-8,11,13H,9-10,12H2,1H3/t13-/m0/s1. The van der Waals surface area contributed by atoms with Crippen LogP contribution in [0.5, 0.6) is 0 Å². The summed E-state index contributed by atoms with van der Waals surface area (Å²) in [6.45, 7) is 2.23. The molecule has 1 aliphatic rings. The lowest BCUT2D eigenvalue weighted by atomic mass is 10.2. The maximum atomic E-state index is 12.7. The molecule has 2 aromatic rings. The van der Waals surface area contributed by atoms with Crippen molar-refractivity contribution in [3.05, 3.63) is 64.2 Å². The number of nitro groups is 1. The Bertz CT molecular complexity index is 886. The normalized spacial score (nSPS) is 16.2. The number of esters is 1. The number of carbonyl (C=O) groups excluding carboxylic acids is 2. The van der Waals surface area contributed by atoms with E-state index in [4.69, 9.17) is 4.74 Å². The second-order valence-electron chi connectivity index (χ2n) is 6.11. The summed E-state index contributed by atoms with van der Waals surface area (Å²) in [6.07, 6.45) is 0.823. The number of nitrogens with zero attached hydrogens (tertiary/aromatic N) is 2. The molecule has 27 heavy (non-hydrogen) atoms. The number of fused-ring (bicyclic) bond motifs is 1. The van der Waals surface area contributed by atoms with Crippen LogP contribution in [0, 0.1) is 10.1 Å². The number of amides is 1. The molecule has 0 saturated carbocycles. The lowest BCUT2D eigenvalue weighted by molar-refractivity contribution is -0.384. The minimum atomic E-state index is -0.766. The summed E-state index contributed by atoms with van der Waals surface area (Å²) in [5, 5.41) is 11.2. The second-order valence-corrected chi connectivity index (χ2v) is 7.59. The predicted molar refractivity (Wildman–Crippen MR) is 102 cm³/mol.